The molecule has 0 aliphatic carbocycles. The van der Waals surface area contributed by atoms with Gasteiger partial charge in [-0.2, -0.15) is 0 Å². The molecule has 0 N–H and O–H groups in total. The van der Waals surface area contributed by atoms with E-state index in [1.165, 1.54) is 7.11 Å². The Hall–Kier alpha value is -2.94. The minimum atomic E-state index is -2.28. The third-order valence-electron chi connectivity index (χ3n) is 5.28. The number of rotatable bonds is 6. The maximum Gasteiger partial charge on any atom is 0.374 e. The molecule has 0 amide bonds. The van der Waals surface area contributed by atoms with Crippen LogP contribution in [0.25, 0.3) is 0 Å². The summed E-state index contributed by atoms with van der Waals surface area (Å²) in [6.07, 6.45) is 1.68. The van der Waals surface area contributed by atoms with Crippen molar-refractivity contribution in [2.75, 3.05) is 7.11 Å². The summed E-state index contributed by atoms with van der Waals surface area (Å²) >= 11 is 7.46. The van der Waals surface area contributed by atoms with Gasteiger partial charge >= 0.3 is 5.97 Å². The minimum Gasteiger partial charge on any atom is -0.463 e. The van der Waals surface area contributed by atoms with Gasteiger partial charge in [0, 0.05) is 18.4 Å². The zero-order valence-corrected chi connectivity index (χ0v) is 19.1. The van der Waals surface area contributed by atoms with Gasteiger partial charge in [0.15, 0.2) is 0 Å². The summed E-state index contributed by atoms with van der Waals surface area (Å²) in [6, 6.07) is 28.8. The van der Waals surface area contributed by atoms with Crippen molar-refractivity contribution in [1.82, 2.24) is 9.55 Å². The predicted octanol–water partition coefficient (Wildman–Crippen LogP) is 4.47. The van der Waals surface area contributed by atoms with E-state index in [0.29, 0.717) is 12.4 Å². The van der Waals surface area contributed by atoms with E-state index in [2.05, 4.69) is 53.5 Å². The zero-order valence-electron chi connectivity index (χ0n) is 17.4. The molecule has 0 aliphatic heterocycles. The van der Waals surface area contributed by atoms with Crippen molar-refractivity contribution >= 4 is 39.7 Å². The van der Waals surface area contributed by atoms with Crippen molar-refractivity contribution in [3.8, 4) is 0 Å². The second kappa shape index (κ2) is 9.05. The molecule has 156 valence electrons. The van der Waals surface area contributed by atoms with Crippen LogP contribution in [0.3, 0.4) is 0 Å². The maximum absolute atomic E-state index is 12.0. The van der Waals surface area contributed by atoms with Crippen molar-refractivity contribution in [3.63, 3.8) is 0 Å². The first kappa shape index (κ1) is 21.3. The van der Waals surface area contributed by atoms with Gasteiger partial charge in [-0.15, -0.1) is 0 Å². The van der Waals surface area contributed by atoms with E-state index in [-0.39, 0.29) is 0 Å². The Morgan fingerprint density at radius 1 is 0.903 bits per heavy atom. The molecule has 31 heavy (non-hydrogen) atoms. The van der Waals surface area contributed by atoms with Crippen molar-refractivity contribution in [3.05, 3.63) is 108 Å². The highest BCUT2D eigenvalue weighted by Crippen LogP contribution is 2.60. The Morgan fingerprint density at radius 2 is 1.42 bits per heavy atom. The fourth-order valence-electron chi connectivity index (χ4n) is 3.62. The van der Waals surface area contributed by atoms with E-state index in [4.69, 9.17) is 16.0 Å². The Kier molecular flexibility index (Phi) is 6.22. The Labute approximate surface area is 187 Å². The lowest BCUT2D eigenvalue weighted by Crippen LogP contribution is -2.27. The fraction of sp³-hybridized carbons (Fsp3) is 0.120. The van der Waals surface area contributed by atoms with Gasteiger partial charge in [0.2, 0.25) is 12.4 Å². The quantitative estimate of drug-likeness (QED) is 0.322. The van der Waals surface area contributed by atoms with E-state index in [1.54, 1.807) is 6.20 Å². The molecule has 1 aromatic heterocycles. The number of nitrogens with zero attached hydrogens (tertiary/aromatic N) is 2. The number of carbonyl (C=O) groups is 1. The molecule has 0 fully saturated rings. The minimum absolute atomic E-state index is 0.303. The Bertz CT molecular complexity index is 1140. The first-order chi connectivity index (χ1) is 15.0. The smallest absolute Gasteiger partial charge is 0.374 e. The van der Waals surface area contributed by atoms with E-state index in [9.17, 15) is 4.79 Å². The average molecular weight is 450 g/mol. The molecule has 1 heterocycles. The molecule has 0 saturated carbocycles. The van der Waals surface area contributed by atoms with Crippen LogP contribution in [0, 0.1) is 6.92 Å². The number of halogens is 1. The monoisotopic (exact) mass is 449 g/mol. The molecule has 0 atom stereocenters. The number of esters is 1. The molecule has 0 bridgehead atoms. The molecule has 3 aromatic carbocycles. The molecule has 4 nitrogen and oxygen atoms in total. The molecule has 0 spiro atoms. The van der Waals surface area contributed by atoms with Crippen LogP contribution >= 0.6 is 17.9 Å². The highest BCUT2D eigenvalue weighted by atomic mass is 35.7. The third-order valence-corrected chi connectivity index (χ3v) is 10.1. The molecule has 6 heteroatoms. The van der Waals surface area contributed by atoms with Crippen molar-refractivity contribution in [2.45, 2.75) is 13.5 Å². The summed E-state index contributed by atoms with van der Waals surface area (Å²) in [5, 5.41) is 3.33. The van der Waals surface area contributed by atoms with Crippen molar-refractivity contribution < 1.29 is 9.53 Å². The number of ether oxygens (including phenoxy) is 1. The van der Waals surface area contributed by atoms with Crippen molar-refractivity contribution in [1.29, 1.82) is 0 Å². The first-order valence-corrected chi connectivity index (χ1v) is 12.6. The summed E-state index contributed by atoms with van der Waals surface area (Å²) in [6.45, 7) is 0.176. The van der Waals surface area contributed by atoms with Crippen LogP contribution in [0.2, 0.25) is 0 Å². The summed E-state index contributed by atoms with van der Waals surface area (Å²) in [5.74, 6) is -0.139. The highest BCUT2D eigenvalue weighted by Gasteiger charge is 2.44. The average Bonchev–Trinajstić information content (AvgIpc) is 3.19. The van der Waals surface area contributed by atoms with Gasteiger partial charge in [-0.25, -0.2) is 9.78 Å². The van der Waals surface area contributed by atoms with Gasteiger partial charge in [0.1, 0.15) is 27.2 Å². The summed E-state index contributed by atoms with van der Waals surface area (Å²) in [5.41, 5.74) is 1.96. The van der Waals surface area contributed by atoms with Crippen LogP contribution in [0.1, 0.15) is 21.9 Å². The van der Waals surface area contributed by atoms with Gasteiger partial charge in [-0.3, -0.25) is 0 Å². The Morgan fingerprint density at radius 3 is 1.94 bits per heavy atom. The molecule has 4 rings (SSSR count). The number of hydrogen-bond donors (Lipinski definition) is 0. The van der Waals surface area contributed by atoms with E-state index >= 15 is 0 Å². The van der Waals surface area contributed by atoms with E-state index < -0.39 is 12.6 Å². The lowest BCUT2D eigenvalue weighted by molar-refractivity contribution is 0.0581. The van der Waals surface area contributed by atoms with Gasteiger partial charge in [-0.1, -0.05) is 48.5 Å². The number of methoxy groups -OCH3 is 1. The summed E-state index contributed by atoms with van der Waals surface area (Å²) in [4.78, 5) is 16.2. The van der Waals surface area contributed by atoms with Crippen LogP contribution in [-0.4, -0.2) is 22.6 Å². The number of imidazole rings is 1. The van der Waals surface area contributed by atoms with Gasteiger partial charge in [0.05, 0.1) is 7.11 Å². The fourth-order valence-corrected chi connectivity index (χ4v) is 7.25. The maximum atomic E-state index is 12.0. The molecular weight excluding hydrogens is 427 g/mol. The largest absolute Gasteiger partial charge is 0.463 e. The number of aromatic nitrogens is 2. The summed E-state index contributed by atoms with van der Waals surface area (Å²) < 4.78 is 6.71. The number of carbonyl (C=O) groups excluding carboxylic acids is 1. The van der Waals surface area contributed by atoms with Crippen LogP contribution in [0.4, 0.5) is 0 Å². The highest BCUT2D eigenvalue weighted by molar-refractivity contribution is 8.14. The molecule has 0 unspecified atom stereocenters. The standard InChI is InChI=1S/C25H23ClN2O2P/c1-19-17-27-24(25(29)30-2)28(19)18-20-13-15-23(16-14-20)31(26,21-9-5-3-6-10-21)22-11-7-4-8-12-22/h3-17H,18H2,1-2H3/q+1. The molecule has 0 saturated heterocycles. The Balaban J connectivity index is 1.71. The normalized spacial score (nSPS) is 11.3. The first-order valence-electron chi connectivity index (χ1n) is 9.94. The molecule has 4 aromatic rings. The number of benzene rings is 3. The van der Waals surface area contributed by atoms with Crippen molar-refractivity contribution in [2.24, 2.45) is 0 Å². The topological polar surface area (TPSA) is 44.1 Å². The number of aryl methyl sites for hydroxylation is 1. The zero-order chi connectivity index (χ0) is 21.8. The molecule has 0 radical (unpaired) electrons. The third kappa shape index (κ3) is 4.14. The second-order valence-corrected chi connectivity index (χ2v) is 11.5. The number of hydrogen-bond acceptors (Lipinski definition) is 3. The van der Waals surface area contributed by atoms with Gasteiger partial charge in [0.25, 0.3) is 0 Å². The SMILES string of the molecule is COC(=O)c1ncc(C)n1Cc1ccc([P+](Cl)(c2ccccc2)c2ccccc2)cc1. The van der Waals surface area contributed by atoms with Gasteiger partial charge in [-0.05, 0) is 48.9 Å². The lowest BCUT2D eigenvalue weighted by Gasteiger charge is -2.19. The molecular formula is C25H23ClN2O2P+. The van der Waals surface area contributed by atoms with Crippen LogP contribution in [0.5, 0.6) is 0 Å². The van der Waals surface area contributed by atoms with Crippen LogP contribution in [-0.2, 0) is 11.3 Å². The van der Waals surface area contributed by atoms with E-state index in [1.807, 2.05) is 47.9 Å². The summed E-state index contributed by atoms with van der Waals surface area (Å²) in [7, 11) is 1.36. The van der Waals surface area contributed by atoms with Crippen LogP contribution in [0.15, 0.2) is 91.1 Å². The van der Waals surface area contributed by atoms with Crippen LogP contribution < -0.4 is 15.9 Å². The second-order valence-electron chi connectivity index (χ2n) is 7.23. The van der Waals surface area contributed by atoms with Gasteiger partial charge < -0.3 is 9.30 Å². The lowest BCUT2D eigenvalue weighted by atomic mass is 10.2. The predicted molar refractivity (Wildman–Crippen MR) is 128 cm³/mol. The molecule has 0 aliphatic rings. The van der Waals surface area contributed by atoms with E-state index in [0.717, 1.165) is 27.2 Å².